The normalized spacial score (nSPS) is 19.2. The molecule has 1 unspecified atom stereocenters. The largest absolute Gasteiger partial charge is 0.728 e. The van der Waals surface area contributed by atoms with E-state index in [2.05, 4.69) is 15.9 Å². The summed E-state index contributed by atoms with van der Waals surface area (Å²) in [5, 5.41) is 9.99. The number of aryl methyl sites for hydroxylation is 2. The number of aromatic amines is 1. The summed E-state index contributed by atoms with van der Waals surface area (Å²) < 4.78 is 34.6. The van der Waals surface area contributed by atoms with Crippen molar-refractivity contribution < 1.29 is 18.3 Å². The number of halogens is 2. The van der Waals surface area contributed by atoms with E-state index in [4.69, 9.17) is 4.74 Å². The Hall–Kier alpha value is -3.13. The van der Waals surface area contributed by atoms with Gasteiger partial charge in [-0.05, 0) is 52.7 Å². The minimum Gasteiger partial charge on any atom is -0.392 e. The van der Waals surface area contributed by atoms with Gasteiger partial charge in [0.1, 0.15) is 29.6 Å². The molecule has 1 N–H and O–H groups in total. The highest BCUT2D eigenvalue weighted by atomic mass is 19.1. The molecule has 0 spiro atoms. The molecule has 158 valence electrons. The van der Waals surface area contributed by atoms with Crippen LogP contribution in [-0.2, 0) is 4.74 Å². The number of aromatic nitrogens is 1. The Kier molecular flexibility index (Phi) is 5.72. The average Bonchev–Trinajstić information content (AvgIpc) is 2.94. The Labute approximate surface area is 174 Å². The number of anilines is 1. The van der Waals surface area contributed by atoms with Crippen LogP contribution in [0, 0.1) is 43.0 Å². The highest BCUT2D eigenvalue weighted by Gasteiger charge is 2.35. The number of piperidine rings is 1. The average molecular weight is 415 g/mol. The Morgan fingerprint density at radius 2 is 2.10 bits per heavy atom. The number of H-pyrrole nitrogens is 1. The minimum absolute atomic E-state index is 0.106. The summed E-state index contributed by atoms with van der Waals surface area (Å²) >= 11 is 0. The second-order valence-electron chi connectivity index (χ2n) is 8.57. The number of alkyl halides is 1. The number of hydrogen-bond acceptors (Lipinski definition) is 4. The molecule has 1 saturated heterocycles. The summed E-state index contributed by atoms with van der Waals surface area (Å²) in [6, 6.07) is 5.77. The number of fused-ring (bicyclic) bond motifs is 1. The van der Waals surface area contributed by atoms with Crippen LogP contribution in [-0.4, -0.2) is 35.9 Å². The van der Waals surface area contributed by atoms with Gasteiger partial charge in [-0.3, -0.25) is 0 Å². The molecule has 0 aliphatic carbocycles. The van der Waals surface area contributed by atoms with Gasteiger partial charge in [-0.1, -0.05) is 0 Å². The van der Waals surface area contributed by atoms with E-state index >= 15 is 4.39 Å². The van der Waals surface area contributed by atoms with Crippen LogP contribution in [0.2, 0.25) is 0 Å². The third-order valence-corrected chi connectivity index (χ3v) is 5.18. The van der Waals surface area contributed by atoms with Crippen LogP contribution in [0.3, 0.4) is 0 Å². The first-order chi connectivity index (χ1) is 14.0. The third kappa shape index (κ3) is 4.23. The molecule has 30 heavy (non-hydrogen) atoms. The van der Waals surface area contributed by atoms with E-state index in [0.29, 0.717) is 23.1 Å². The lowest BCUT2D eigenvalue weighted by Crippen LogP contribution is -2.41. The Balaban J connectivity index is 1.96. The van der Waals surface area contributed by atoms with Crippen LogP contribution in [0.15, 0.2) is 6.07 Å². The van der Waals surface area contributed by atoms with Crippen LogP contribution in [0.25, 0.3) is 15.7 Å². The van der Waals surface area contributed by atoms with Crippen molar-refractivity contribution in [1.29, 1.82) is 5.26 Å². The summed E-state index contributed by atoms with van der Waals surface area (Å²) in [7, 11) is 0. The zero-order chi connectivity index (χ0) is 22.2. The molecule has 0 radical (unpaired) electrons. The van der Waals surface area contributed by atoms with Crippen LogP contribution in [0.5, 0.6) is 0 Å². The number of nitriles is 1. The van der Waals surface area contributed by atoms with E-state index < -0.39 is 29.6 Å². The smallest absolute Gasteiger partial charge is 0.392 e. The molecular weight excluding hydrogens is 390 g/mol. The first-order valence-electron chi connectivity index (χ1n) is 9.81. The first-order valence-corrected chi connectivity index (χ1v) is 9.81. The zero-order valence-electron chi connectivity index (χ0n) is 17.8. The van der Waals surface area contributed by atoms with Crippen LogP contribution < -0.4 is 4.90 Å². The lowest BCUT2D eigenvalue weighted by atomic mass is 9.95. The van der Waals surface area contributed by atoms with E-state index in [1.807, 2.05) is 19.9 Å². The highest BCUT2D eigenvalue weighted by Crippen LogP contribution is 2.38. The predicted molar refractivity (Wildman–Crippen MR) is 111 cm³/mol. The van der Waals surface area contributed by atoms with Crippen LogP contribution >= 0.6 is 0 Å². The number of carbonyl (C=O) groups is 1. The van der Waals surface area contributed by atoms with Crippen molar-refractivity contribution in [3.8, 4) is 12.1 Å². The van der Waals surface area contributed by atoms with Gasteiger partial charge in [0, 0.05) is 24.2 Å². The van der Waals surface area contributed by atoms with Crippen molar-refractivity contribution in [2.75, 3.05) is 18.0 Å². The number of amides is 1. The molecular formula is C22H25F2N4O2+. The number of nitrogens with one attached hydrogen (secondary N) is 1. The summed E-state index contributed by atoms with van der Waals surface area (Å²) in [6.07, 6.45) is -1.94. The van der Waals surface area contributed by atoms with E-state index in [0.717, 1.165) is 11.3 Å². The molecule has 8 heteroatoms. The second-order valence-corrected chi connectivity index (χ2v) is 8.57. The molecule has 2 aromatic rings. The standard InChI is InChI=1S/C22H25F2N4O2/c1-12-13(2)27-19-14(9-25)8-17(24)20(18(12)19)28-7-6-16(23)15(11-28)10-26-21(29)30-22(3,4)5/h8,15-16,27H,6-7,11H2,1-5H3/q+1/t15?,16-/m1/s1. The van der Waals surface area contributed by atoms with Gasteiger partial charge in [0.25, 0.3) is 6.07 Å². The number of ether oxygens (including phenoxy) is 1. The zero-order valence-corrected chi connectivity index (χ0v) is 17.8. The third-order valence-electron chi connectivity index (χ3n) is 5.18. The number of nitrogens with zero attached hydrogens (tertiary/aromatic N) is 3. The van der Waals surface area contributed by atoms with Gasteiger partial charge in [-0.15, -0.1) is 0 Å². The Morgan fingerprint density at radius 3 is 2.73 bits per heavy atom. The van der Waals surface area contributed by atoms with Gasteiger partial charge >= 0.3 is 6.09 Å². The summed E-state index contributed by atoms with van der Waals surface area (Å²) in [6.45, 7) is 9.24. The predicted octanol–water partition coefficient (Wildman–Crippen LogP) is 5.23. The lowest BCUT2D eigenvalue weighted by Gasteiger charge is -2.33. The molecule has 1 aromatic carbocycles. The highest BCUT2D eigenvalue weighted by molar-refractivity contribution is 5.99. The van der Waals surface area contributed by atoms with Gasteiger partial charge in [0.15, 0.2) is 0 Å². The van der Waals surface area contributed by atoms with Crippen molar-refractivity contribution in [3.05, 3.63) is 33.5 Å². The van der Waals surface area contributed by atoms with Crippen LogP contribution in [0.1, 0.15) is 44.0 Å². The fraction of sp³-hybridized carbons (Fsp3) is 0.500. The fourth-order valence-corrected chi connectivity index (χ4v) is 3.67. The monoisotopic (exact) mass is 415 g/mol. The minimum atomic E-state index is -1.25. The molecule has 1 aromatic heterocycles. The Bertz CT molecular complexity index is 1100. The van der Waals surface area contributed by atoms with E-state index in [-0.39, 0.29) is 18.5 Å². The number of benzene rings is 1. The SMILES string of the molecule is Cc1[nH]c2c(C#N)cc(F)c(N3CC[C@@H](F)C(C#[N+]C(=O)OC(C)(C)C)C3)c2c1C. The lowest BCUT2D eigenvalue weighted by molar-refractivity contribution is 0.0664. The summed E-state index contributed by atoms with van der Waals surface area (Å²) in [5.41, 5.74) is 2.06. The molecule has 2 heterocycles. The Morgan fingerprint density at radius 1 is 1.40 bits per heavy atom. The van der Waals surface area contributed by atoms with Gasteiger partial charge < -0.3 is 14.6 Å². The van der Waals surface area contributed by atoms with Crippen molar-refractivity contribution in [2.24, 2.45) is 5.92 Å². The summed E-state index contributed by atoms with van der Waals surface area (Å²) in [4.78, 5) is 20.3. The quantitative estimate of drug-likeness (QED) is 0.692. The van der Waals surface area contributed by atoms with Crippen molar-refractivity contribution in [3.63, 3.8) is 0 Å². The van der Waals surface area contributed by atoms with Crippen molar-refractivity contribution >= 4 is 22.7 Å². The molecule has 3 rings (SSSR count). The first kappa shape index (κ1) is 21.6. The maximum Gasteiger partial charge on any atom is 0.728 e. The maximum absolute atomic E-state index is 15.0. The summed E-state index contributed by atoms with van der Waals surface area (Å²) in [5.74, 6) is -1.35. The molecule has 1 aliphatic rings. The van der Waals surface area contributed by atoms with E-state index in [1.165, 1.54) is 6.07 Å². The van der Waals surface area contributed by atoms with Gasteiger partial charge in [-0.25, -0.2) is 8.78 Å². The number of rotatable bonds is 1. The number of carbonyl (C=O) groups excluding carboxylic acids is 1. The van der Waals surface area contributed by atoms with Gasteiger partial charge in [-0.2, -0.15) is 10.1 Å². The van der Waals surface area contributed by atoms with E-state index in [9.17, 15) is 14.4 Å². The maximum atomic E-state index is 15.0. The second kappa shape index (κ2) is 7.95. The van der Waals surface area contributed by atoms with E-state index in [1.54, 1.807) is 25.7 Å². The van der Waals surface area contributed by atoms with Crippen molar-refractivity contribution in [1.82, 2.24) is 4.98 Å². The van der Waals surface area contributed by atoms with Gasteiger partial charge in [0.2, 0.25) is 0 Å². The van der Waals surface area contributed by atoms with Crippen molar-refractivity contribution in [2.45, 2.75) is 52.8 Å². The molecule has 6 nitrogen and oxygen atoms in total. The topological polar surface area (TPSA) is 73.5 Å². The molecule has 1 amide bonds. The molecule has 0 saturated carbocycles. The molecule has 1 fully saturated rings. The van der Waals surface area contributed by atoms with Crippen LogP contribution in [0.4, 0.5) is 19.3 Å². The van der Waals surface area contributed by atoms with Gasteiger partial charge in [0.05, 0.1) is 21.6 Å². The molecule has 1 aliphatic heterocycles. The molecule has 0 bridgehead atoms. The number of hydrogen-bond donors (Lipinski definition) is 1. The molecule has 2 atom stereocenters. The fourth-order valence-electron chi connectivity index (χ4n) is 3.67.